The predicted molar refractivity (Wildman–Crippen MR) is 175 cm³/mol. The molecule has 10 nitrogen and oxygen atoms in total. The van der Waals surface area contributed by atoms with Gasteiger partial charge < -0.3 is 29.7 Å². The van der Waals surface area contributed by atoms with Gasteiger partial charge in [-0.05, 0) is 74.3 Å². The molecule has 4 aliphatic rings. The molecule has 0 radical (unpaired) electrons. The number of rotatable bonds is 3. The Hall–Kier alpha value is -4.08. The number of ether oxygens (including phenoxy) is 3. The van der Waals surface area contributed by atoms with Crippen LogP contribution in [0, 0.1) is 5.41 Å². The molecule has 1 spiro atoms. The lowest BCUT2D eigenvalue weighted by Crippen LogP contribution is -2.31. The van der Waals surface area contributed by atoms with Crippen LogP contribution in [0.15, 0.2) is 42.5 Å². The fourth-order valence-electron chi connectivity index (χ4n) is 6.69. The van der Waals surface area contributed by atoms with Crippen molar-refractivity contribution in [3.8, 4) is 17.5 Å². The van der Waals surface area contributed by atoms with Crippen LogP contribution in [0.5, 0.6) is 17.5 Å². The minimum Gasteiger partial charge on any atom is -0.494 e. The molecular weight excluding hydrogens is 568 g/mol. The normalized spacial score (nSPS) is 18.8. The molecule has 3 aliphatic heterocycles. The quantitative estimate of drug-likeness (QED) is 0.318. The molecule has 1 aliphatic carbocycles. The number of aromatic nitrogens is 3. The zero-order valence-corrected chi connectivity index (χ0v) is 26.5. The van der Waals surface area contributed by atoms with Crippen LogP contribution in [-0.2, 0) is 6.54 Å². The van der Waals surface area contributed by atoms with Gasteiger partial charge in [0.1, 0.15) is 11.5 Å². The summed E-state index contributed by atoms with van der Waals surface area (Å²) in [4.78, 5) is 29.4. The second-order valence-corrected chi connectivity index (χ2v) is 12.5. The standard InChI is InChI=1S/C35H46N6O4/c1-2-43-34-39-32-36-24-26-11-14-28(15-12-26)44-21-9-5-3-4-6-10-22-45-30-23-27(37-33(38-32)40-34)13-16-29(30)31(42)41-20-19-35(25-41)17-7-8-18-35/h11-16,23H,2-10,17-22,24-25H2,1H3,(H2,36,37,38,39,40). The average molecular weight is 615 g/mol. The first-order chi connectivity index (χ1) is 22.1. The first kappa shape index (κ1) is 30.9. The Morgan fingerprint density at radius 2 is 1.60 bits per heavy atom. The number of carbonyl (C=O) groups excluding carboxylic acids is 1. The Kier molecular flexibility index (Phi) is 10.2. The molecular formula is C35H46N6O4. The van der Waals surface area contributed by atoms with Crippen LogP contribution in [0.2, 0.25) is 0 Å². The number of benzene rings is 2. The monoisotopic (exact) mass is 614 g/mol. The number of anilines is 3. The third kappa shape index (κ3) is 8.15. The van der Waals surface area contributed by atoms with E-state index in [1.54, 1.807) is 0 Å². The molecule has 240 valence electrons. The van der Waals surface area contributed by atoms with E-state index in [0.29, 0.717) is 55.0 Å². The summed E-state index contributed by atoms with van der Waals surface area (Å²) in [5.41, 5.74) is 2.73. The minimum absolute atomic E-state index is 0.0538. The molecule has 2 aromatic carbocycles. The second-order valence-electron chi connectivity index (χ2n) is 12.5. The van der Waals surface area contributed by atoms with Crippen molar-refractivity contribution in [2.45, 2.75) is 84.1 Å². The number of carbonyl (C=O) groups is 1. The average Bonchev–Trinajstić information content (AvgIpc) is 3.70. The first-order valence-electron chi connectivity index (χ1n) is 16.8. The van der Waals surface area contributed by atoms with E-state index >= 15 is 0 Å². The van der Waals surface area contributed by atoms with Gasteiger partial charge in [0, 0.05) is 31.4 Å². The third-order valence-electron chi connectivity index (χ3n) is 9.19. The lowest BCUT2D eigenvalue weighted by atomic mass is 9.86. The lowest BCUT2D eigenvalue weighted by Gasteiger charge is -2.24. The lowest BCUT2D eigenvalue weighted by molar-refractivity contribution is 0.0768. The van der Waals surface area contributed by atoms with Crippen molar-refractivity contribution in [3.05, 3.63) is 53.6 Å². The SMILES string of the molecule is CCOc1nc2nc(n1)Nc1ccc(C(=O)N3CCC4(CCCC4)C3)c(c1)OCCCCCCCCOc1ccc(cc1)CN2. The number of nitrogens with one attached hydrogen (secondary N) is 2. The van der Waals surface area contributed by atoms with Crippen LogP contribution in [0.25, 0.3) is 0 Å². The zero-order valence-electron chi connectivity index (χ0n) is 26.5. The van der Waals surface area contributed by atoms with Crippen LogP contribution in [0.4, 0.5) is 17.6 Å². The van der Waals surface area contributed by atoms with Gasteiger partial charge >= 0.3 is 6.01 Å². The van der Waals surface area contributed by atoms with Crippen molar-refractivity contribution in [2.75, 3.05) is 43.5 Å². The molecule has 2 N–H and O–H groups in total. The molecule has 45 heavy (non-hydrogen) atoms. The Labute approximate surface area is 266 Å². The van der Waals surface area contributed by atoms with Gasteiger partial charge in [-0.25, -0.2) is 0 Å². The highest BCUT2D eigenvalue weighted by Crippen LogP contribution is 2.46. The van der Waals surface area contributed by atoms with E-state index in [1.807, 2.05) is 54.3 Å². The molecule has 2 fully saturated rings. The van der Waals surface area contributed by atoms with Gasteiger partial charge in [0.15, 0.2) is 0 Å². The van der Waals surface area contributed by atoms with Crippen molar-refractivity contribution < 1.29 is 19.0 Å². The molecule has 4 heterocycles. The van der Waals surface area contributed by atoms with E-state index in [9.17, 15) is 4.79 Å². The molecule has 1 saturated heterocycles. The highest BCUT2D eigenvalue weighted by Gasteiger charge is 2.42. The predicted octanol–water partition coefficient (Wildman–Crippen LogP) is 7.14. The molecule has 0 unspecified atom stereocenters. The van der Waals surface area contributed by atoms with Gasteiger partial charge in [-0.15, -0.1) is 0 Å². The van der Waals surface area contributed by atoms with E-state index in [4.69, 9.17) is 14.2 Å². The van der Waals surface area contributed by atoms with Crippen LogP contribution in [0.3, 0.4) is 0 Å². The van der Waals surface area contributed by atoms with Crippen molar-refractivity contribution in [2.24, 2.45) is 5.41 Å². The van der Waals surface area contributed by atoms with Crippen LogP contribution >= 0.6 is 0 Å². The molecule has 7 rings (SSSR count). The molecule has 0 atom stereocenters. The highest BCUT2D eigenvalue weighted by atomic mass is 16.5. The number of amides is 1. The summed E-state index contributed by atoms with van der Waals surface area (Å²) in [5, 5.41) is 6.58. The second kappa shape index (κ2) is 14.8. The van der Waals surface area contributed by atoms with Crippen molar-refractivity contribution in [1.29, 1.82) is 0 Å². The van der Waals surface area contributed by atoms with Crippen molar-refractivity contribution in [1.82, 2.24) is 19.9 Å². The van der Waals surface area contributed by atoms with E-state index in [1.165, 1.54) is 32.1 Å². The van der Waals surface area contributed by atoms with Gasteiger partial charge in [-0.1, -0.05) is 50.7 Å². The van der Waals surface area contributed by atoms with Crippen LogP contribution in [-0.4, -0.2) is 58.7 Å². The van der Waals surface area contributed by atoms with Gasteiger partial charge in [0.2, 0.25) is 11.9 Å². The van der Waals surface area contributed by atoms with Crippen LogP contribution in [0.1, 0.15) is 93.5 Å². The number of fused-ring (bicyclic) bond motifs is 12. The Morgan fingerprint density at radius 1 is 0.867 bits per heavy atom. The molecule has 1 amide bonds. The maximum Gasteiger partial charge on any atom is 0.323 e. The van der Waals surface area contributed by atoms with Crippen molar-refractivity contribution >= 4 is 23.5 Å². The largest absolute Gasteiger partial charge is 0.494 e. The summed E-state index contributed by atoms with van der Waals surface area (Å²) in [6, 6.07) is 14.0. The topological polar surface area (TPSA) is 111 Å². The molecule has 6 bridgehead atoms. The summed E-state index contributed by atoms with van der Waals surface area (Å²) < 4.78 is 17.9. The van der Waals surface area contributed by atoms with E-state index in [2.05, 4.69) is 25.6 Å². The maximum absolute atomic E-state index is 13.8. The van der Waals surface area contributed by atoms with Gasteiger partial charge in [-0.2, -0.15) is 15.0 Å². The van der Waals surface area contributed by atoms with Gasteiger partial charge in [-0.3, -0.25) is 4.79 Å². The molecule has 1 aromatic heterocycles. The highest BCUT2D eigenvalue weighted by molar-refractivity contribution is 5.97. The number of nitrogens with zero attached hydrogens (tertiary/aromatic N) is 4. The summed E-state index contributed by atoms with van der Waals surface area (Å²) in [5.74, 6) is 2.26. The molecule has 1 saturated carbocycles. The Bertz CT molecular complexity index is 1430. The fraction of sp³-hybridized carbons (Fsp3) is 0.543. The summed E-state index contributed by atoms with van der Waals surface area (Å²) in [7, 11) is 0. The third-order valence-corrected chi connectivity index (χ3v) is 9.19. The van der Waals surface area contributed by atoms with Crippen molar-refractivity contribution in [3.63, 3.8) is 0 Å². The van der Waals surface area contributed by atoms with E-state index in [0.717, 1.165) is 68.6 Å². The first-order valence-corrected chi connectivity index (χ1v) is 16.8. The molecule has 10 heteroatoms. The smallest absolute Gasteiger partial charge is 0.323 e. The fourth-order valence-corrected chi connectivity index (χ4v) is 6.69. The Morgan fingerprint density at radius 3 is 2.38 bits per heavy atom. The van der Waals surface area contributed by atoms with E-state index in [-0.39, 0.29) is 11.9 Å². The summed E-state index contributed by atoms with van der Waals surface area (Å²) >= 11 is 0. The maximum atomic E-state index is 13.8. The zero-order chi connectivity index (χ0) is 30.9. The summed E-state index contributed by atoms with van der Waals surface area (Å²) in [6.45, 7) is 5.78. The minimum atomic E-state index is 0.0538. The van der Waals surface area contributed by atoms with Crippen LogP contribution < -0.4 is 24.8 Å². The van der Waals surface area contributed by atoms with Gasteiger partial charge in [0.05, 0.1) is 25.4 Å². The number of hydrogen-bond donors (Lipinski definition) is 2. The molecule has 3 aromatic rings. The van der Waals surface area contributed by atoms with Gasteiger partial charge in [0.25, 0.3) is 5.91 Å². The Balaban J connectivity index is 1.24. The number of hydrogen-bond acceptors (Lipinski definition) is 9. The summed E-state index contributed by atoms with van der Waals surface area (Å²) in [6.07, 6.45) is 12.6. The number of likely N-dealkylation sites (tertiary alicyclic amines) is 1. The van der Waals surface area contributed by atoms with E-state index < -0.39 is 0 Å².